The second-order valence-corrected chi connectivity index (χ2v) is 8.14. The molecule has 9 heteroatoms. The third-order valence-electron chi connectivity index (χ3n) is 4.94. The number of nitrogens with two attached hydrogens (primary N) is 1. The quantitative estimate of drug-likeness (QED) is 0.329. The van der Waals surface area contributed by atoms with Crippen molar-refractivity contribution in [3.05, 3.63) is 60.8 Å². The fraction of sp³-hybridized carbons (Fsp3) is 0.231. The molecule has 9 nitrogen and oxygen atoms in total. The van der Waals surface area contributed by atoms with Crippen molar-refractivity contribution in [3.8, 4) is 22.9 Å². The minimum atomic E-state index is -0.180. The summed E-state index contributed by atoms with van der Waals surface area (Å²) in [4.78, 5) is 25.7. The number of amides is 1. The highest BCUT2D eigenvalue weighted by atomic mass is 16.5. The van der Waals surface area contributed by atoms with Gasteiger partial charge >= 0.3 is 0 Å². The van der Waals surface area contributed by atoms with Gasteiger partial charge in [0, 0.05) is 17.0 Å². The molecule has 4 rings (SSSR count). The van der Waals surface area contributed by atoms with Crippen LogP contribution in [0.15, 0.2) is 60.8 Å². The summed E-state index contributed by atoms with van der Waals surface area (Å²) >= 11 is 0. The van der Waals surface area contributed by atoms with Gasteiger partial charge in [0.25, 0.3) is 5.91 Å². The molecular formula is C26H28N6O3. The van der Waals surface area contributed by atoms with Crippen LogP contribution in [0.3, 0.4) is 0 Å². The number of aromatic nitrogens is 3. The van der Waals surface area contributed by atoms with E-state index in [-0.39, 0.29) is 18.6 Å². The van der Waals surface area contributed by atoms with Gasteiger partial charge in [-0.15, -0.1) is 0 Å². The molecule has 1 amide bonds. The number of nitrogens with zero attached hydrogens (tertiary/aromatic N) is 3. The summed E-state index contributed by atoms with van der Waals surface area (Å²) in [5, 5.41) is 6.92. The maximum atomic E-state index is 11.9. The highest BCUT2D eigenvalue weighted by Crippen LogP contribution is 2.31. The van der Waals surface area contributed by atoms with Crippen LogP contribution in [-0.4, -0.2) is 40.1 Å². The summed E-state index contributed by atoms with van der Waals surface area (Å²) in [6, 6.07) is 16.6. The Bertz CT molecular complexity index is 1320. The fourth-order valence-corrected chi connectivity index (χ4v) is 3.44. The van der Waals surface area contributed by atoms with Gasteiger partial charge in [0.05, 0.1) is 24.0 Å². The van der Waals surface area contributed by atoms with E-state index in [1.807, 2.05) is 63.2 Å². The zero-order valence-corrected chi connectivity index (χ0v) is 19.9. The number of nitrogen functional groups attached to an aromatic ring is 1. The Morgan fingerprint density at radius 3 is 2.60 bits per heavy atom. The smallest absolute Gasteiger partial charge is 0.258 e. The van der Waals surface area contributed by atoms with Crippen molar-refractivity contribution in [2.75, 3.05) is 24.3 Å². The van der Waals surface area contributed by atoms with Crippen LogP contribution in [0.5, 0.6) is 11.5 Å². The molecule has 0 saturated heterocycles. The lowest BCUT2D eigenvalue weighted by atomic mass is 10.1. The van der Waals surface area contributed by atoms with Gasteiger partial charge in [-0.2, -0.15) is 0 Å². The molecule has 0 aliphatic carbocycles. The van der Waals surface area contributed by atoms with Crippen LogP contribution in [-0.2, 0) is 4.79 Å². The van der Waals surface area contributed by atoms with E-state index in [1.54, 1.807) is 18.3 Å². The van der Waals surface area contributed by atoms with Crippen LogP contribution < -0.4 is 25.8 Å². The number of benzene rings is 2. The van der Waals surface area contributed by atoms with Crippen LogP contribution in [0.1, 0.15) is 20.8 Å². The van der Waals surface area contributed by atoms with Crippen molar-refractivity contribution in [2.24, 2.45) is 0 Å². The molecular weight excluding hydrogens is 444 g/mol. The summed E-state index contributed by atoms with van der Waals surface area (Å²) in [6.07, 6.45) is 1.64. The minimum Gasteiger partial charge on any atom is -0.494 e. The number of carbonyl (C=O) groups excluding carboxylic acids is 1. The first-order valence-corrected chi connectivity index (χ1v) is 11.4. The van der Waals surface area contributed by atoms with Crippen LogP contribution >= 0.6 is 0 Å². The normalized spacial score (nSPS) is 10.9. The van der Waals surface area contributed by atoms with Crippen LogP contribution in [0.25, 0.3) is 22.3 Å². The van der Waals surface area contributed by atoms with E-state index in [2.05, 4.69) is 15.6 Å². The molecule has 0 fully saturated rings. The Labute approximate surface area is 203 Å². The molecule has 0 bridgehead atoms. The van der Waals surface area contributed by atoms with Gasteiger partial charge in [-0.05, 0) is 63.2 Å². The van der Waals surface area contributed by atoms with E-state index in [9.17, 15) is 4.79 Å². The standard InChI is InChI=1S/C26H28N6O3/c1-4-34-20-9-10-22-21(13-20)26(30-18-8-11-23(27)28-14-18)32-25(31-22)17-6-5-7-19(12-17)35-15-24(33)29-16(2)3/h5-14,16H,4,15H2,1-3H3,(H2,27,28)(H,29,33)(H,30,31,32). The number of hydrogen-bond acceptors (Lipinski definition) is 8. The number of ether oxygens (including phenoxy) is 2. The molecule has 4 N–H and O–H groups in total. The van der Waals surface area contributed by atoms with E-state index >= 15 is 0 Å². The lowest BCUT2D eigenvalue weighted by molar-refractivity contribution is -0.123. The molecule has 2 aromatic carbocycles. The summed E-state index contributed by atoms with van der Waals surface area (Å²) in [7, 11) is 0. The molecule has 0 atom stereocenters. The number of anilines is 3. The summed E-state index contributed by atoms with van der Waals surface area (Å²) < 4.78 is 11.4. The zero-order valence-electron chi connectivity index (χ0n) is 19.9. The summed E-state index contributed by atoms with van der Waals surface area (Å²) in [5.41, 5.74) is 7.96. The molecule has 4 aromatic rings. The Hall–Kier alpha value is -4.40. The Balaban J connectivity index is 1.69. The Kier molecular flexibility index (Phi) is 7.25. The largest absolute Gasteiger partial charge is 0.494 e. The predicted molar refractivity (Wildman–Crippen MR) is 137 cm³/mol. The fourth-order valence-electron chi connectivity index (χ4n) is 3.44. The first kappa shape index (κ1) is 23.7. The Morgan fingerprint density at radius 2 is 1.86 bits per heavy atom. The third-order valence-corrected chi connectivity index (χ3v) is 4.94. The number of fused-ring (bicyclic) bond motifs is 1. The van der Waals surface area contributed by atoms with Gasteiger partial charge in [-0.3, -0.25) is 4.79 Å². The minimum absolute atomic E-state index is 0.0499. The van der Waals surface area contributed by atoms with Crippen molar-refractivity contribution in [1.82, 2.24) is 20.3 Å². The molecule has 35 heavy (non-hydrogen) atoms. The maximum Gasteiger partial charge on any atom is 0.258 e. The van der Waals surface area contributed by atoms with Crippen molar-refractivity contribution < 1.29 is 14.3 Å². The van der Waals surface area contributed by atoms with Gasteiger partial charge in [0.15, 0.2) is 12.4 Å². The second kappa shape index (κ2) is 10.7. The van der Waals surface area contributed by atoms with Crippen LogP contribution in [0, 0.1) is 0 Å². The molecule has 2 aromatic heterocycles. The maximum absolute atomic E-state index is 11.9. The lowest BCUT2D eigenvalue weighted by Gasteiger charge is -2.13. The first-order chi connectivity index (χ1) is 16.9. The van der Waals surface area contributed by atoms with Gasteiger partial charge < -0.3 is 25.8 Å². The zero-order chi connectivity index (χ0) is 24.8. The van der Waals surface area contributed by atoms with E-state index < -0.39 is 0 Å². The number of carbonyl (C=O) groups is 1. The number of pyridine rings is 1. The van der Waals surface area contributed by atoms with Gasteiger partial charge in [-0.25, -0.2) is 15.0 Å². The molecule has 0 saturated carbocycles. The van der Waals surface area contributed by atoms with Crippen molar-refractivity contribution in [2.45, 2.75) is 26.8 Å². The summed E-state index contributed by atoms with van der Waals surface area (Å²) in [5.74, 6) is 2.63. The van der Waals surface area contributed by atoms with E-state index in [0.29, 0.717) is 29.8 Å². The average molecular weight is 473 g/mol. The summed E-state index contributed by atoms with van der Waals surface area (Å²) in [6.45, 7) is 6.22. The molecule has 0 aliphatic rings. The molecule has 180 valence electrons. The molecule has 2 heterocycles. The molecule has 0 radical (unpaired) electrons. The van der Waals surface area contributed by atoms with Crippen molar-refractivity contribution in [3.63, 3.8) is 0 Å². The van der Waals surface area contributed by atoms with Crippen LogP contribution in [0.4, 0.5) is 17.3 Å². The average Bonchev–Trinajstić information content (AvgIpc) is 2.84. The van der Waals surface area contributed by atoms with Crippen molar-refractivity contribution in [1.29, 1.82) is 0 Å². The highest BCUT2D eigenvalue weighted by molar-refractivity contribution is 5.93. The molecule has 0 unspecified atom stereocenters. The second-order valence-electron chi connectivity index (χ2n) is 8.14. The topological polar surface area (TPSA) is 124 Å². The SMILES string of the molecule is CCOc1ccc2nc(-c3cccc(OCC(=O)NC(C)C)c3)nc(Nc3ccc(N)nc3)c2c1. The van der Waals surface area contributed by atoms with Gasteiger partial charge in [0.2, 0.25) is 0 Å². The third kappa shape index (κ3) is 6.14. The first-order valence-electron chi connectivity index (χ1n) is 11.4. The predicted octanol–water partition coefficient (Wildman–Crippen LogP) is 4.32. The number of nitrogens with one attached hydrogen (secondary N) is 2. The highest BCUT2D eigenvalue weighted by Gasteiger charge is 2.13. The van der Waals surface area contributed by atoms with E-state index in [1.165, 1.54) is 0 Å². The number of rotatable bonds is 9. The monoisotopic (exact) mass is 472 g/mol. The van der Waals surface area contributed by atoms with Gasteiger partial charge in [-0.1, -0.05) is 12.1 Å². The molecule has 0 spiro atoms. The van der Waals surface area contributed by atoms with Crippen molar-refractivity contribution >= 4 is 34.1 Å². The van der Waals surface area contributed by atoms with E-state index in [4.69, 9.17) is 25.2 Å². The van der Waals surface area contributed by atoms with Crippen LogP contribution in [0.2, 0.25) is 0 Å². The Morgan fingerprint density at radius 1 is 1.03 bits per heavy atom. The van der Waals surface area contributed by atoms with E-state index in [0.717, 1.165) is 27.9 Å². The lowest BCUT2D eigenvalue weighted by Crippen LogP contribution is -2.34. The molecule has 0 aliphatic heterocycles. The number of hydrogen-bond donors (Lipinski definition) is 3. The van der Waals surface area contributed by atoms with Gasteiger partial charge in [0.1, 0.15) is 23.1 Å².